The van der Waals surface area contributed by atoms with Crippen LogP contribution in [0.25, 0.3) is 16.8 Å². The molecule has 5 nitrogen and oxygen atoms in total. The lowest BCUT2D eigenvalue weighted by molar-refractivity contribution is 0.294. The largest absolute Gasteiger partial charge is 0.494 e. The van der Waals surface area contributed by atoms with Crippen molar-refractivity contribution in [1.82, 2.24) is 14.7 Å². The molecule has 1 aliphatic rings. The highest BCUT2D eigenvalue weighted by Crippen LogP contribution is 2.27. The molecule has 158 valence electrons. The Bertz CT molecular complexity index is 1060. The van der Waals surface area contributed by atoms with Crippen molar-refractivity contribution in [3.05, 3.63) is 78.0 Å². The zero-order valence-electron chi connectivity index (χ0n) is 18.0. The van der Waals surface area contributed by atoms with Crippen molar-refractivity contribution >= 4 is 5.57 Å². The van der Waals surface area contributed by atoms with Crippen molar-refractivity contribution < 1.29 is 4.74 Å². The molecule has 0 bridgehead atoms. The molecule has 2 aromatic carbocycles. The van der Waals surface area contributed by atoms with Crippen LogP contribution >= 0.6 is 0 Å². The smallest absolute Gasteiger partial charge is 0.119 e. The molecule has 1 aliphatic heterocycles. The number of benzene rings is 2. The van der Waals surface area contributed by atoms with E-state index in [1.807, 2.05) is 41.9 Å². The summed E-state index contributed by atoms with van der Waals surface area (Å²) in [5, 5.41) is 13.7. The van der Waals surface area contributed by atoms with E-state index < -0.39 is 0 Å². The first kappa shape index (κ1) is 20.9. The Labute approximate surface area is 184 Å². The topological polar surface area (TPSA) is 54.1 Å². The van der Waals surface area contributed by atoms with Crippen LogP contribution in [0.5, 0.6) is 5.75 Å². The molecular weight excluding hydrogens is 384 g/mol. The lowest BCUT2D eigenvalue weighted by atomic mass is 9.99. The fourth-order valence-electron chi connectivity index (χ4n) is 3.99. The Balaban J connectivity index is 1.47. The average Bonchev–Trinajstić information content (AvgIpc) is 3.22. The van der Waals surface area contributed by atoms with Crippen LogP contribution in [0, 0.1) is 11.3 Å². The zero-order chi connectivity index (χ0) is 21.5. The van der Waals surface area contributed by atoms with Gasteiger partial charge in [0.15, 0.2) is 0 Å². The first-order chi connectivity index (χ1) is 15.3. The minimum Gasteiger partial charge on any atom is -0.494 e. The maximum Gasteiger partial charge on any atom is 0.119 e. The standard InChI is InChI=1S/C26H28N4O/c1-2-31-25-11-9-21(10-12-25)22-13-17-29(18-14-22)19-24-20-30(16-6-15-27)28-26(24)23-7-4-3-5-8-23/h3-5,7-13,20H,2,6,14,16-19H2,1H3. The van der Waals surface area contributed by atoms with Crippen LogP contribution < -0.4 is 4.74 Å². The van der Waals surface area contributed by atoms with Gasteiger partial charge in [-0.15, -0.1) is 0 Å². The van der Waals surface area contributed by atoms with Gasteiger partial charge in [-0.2, -0.15) is 10.4 Å². The lowest BCUT2D eigenvalue weighted by Crippen LogP contribution is -2.28. The van der Waals surface area contributed by atoms with Crippen molar-refractivity contribution in [2.45, 2.75) is 32.9 Å². The maximum absolute atomic E-state index is 8.93. The van der Waals surface area contributed by atoms with E-state index >= 15 is 0 Å². The number of aromatic nitrogens is 2. The van der Waals surface area contributed by atoms with Crippen LogP contribution in [-0.4, -0.2) is 34.4 Å². The summed E-state index contributed by atoms with van der Waals surface area (Å²) in [7, 11) is 0. The van der Waals surface area contributed by atoms with Crippen LogP contribution in [0.2, 0.25) is 0 Å². The van der Waals surface area contributed by atoms with Gasteiger partial charge >= 0.3 is 0 Å². The normalized spacial score (nSPS) is 14.1. The molecule has 3 aromatic rings. The fourth-order valence-corrected chi connectivity index (χ4v) is 3.99. The summed E-state index contributed by atoms with van der Waals surface area (Å²) in [4.78, 5) is 2.45. The highest BCUT2D eigenvalue weighted by atomic mass is 16.5. The Morgan fingerprint density at radius 2 is 1.87 bits per heavy atom. The minimum absolute atomic E-state index is 0.466. The molecule has 0 saturated carbocycles. The molecule has 5 heteroatoms. The Morgan fingerprint density at radius 1 is 1.06 bits per heavy atom. The van der Waals surface area contributed by atoms with Gasteiger partial charge in [-0.3, -0.25) is 9.58 Å². The van der Waals surface area contributed by atoms with E-state index in [2.05, 4.69) is 47.5 Å². The van der Waals surface area contributed by atoms with E-state index in [1.165, 1.54) is 16.7 Å². The summed E-state index contributed by atoms with van der Waals surface area (Å²) >= 11 is 0. The lowest BCUT2D eigenvalue weighted by Gasteiger charge is -2.26. The summed E-state index contributed by atoms with van der Waals surface area (Å²) in [6, 6.07) is 20.9. The molecule has 0 N–H and O–H groups in total. The van der Waals surface area contributed by atoms with Gasteiger partial charge in [-0.1, -0.05) is 48.5 Å². The second-order valence-corrected chi connectivity index (χ2v) is 7.71. The third-order valence-electron chi connectivity index (χ3n) is 5.56. The molecule has 0 amide bonds. The molecule has 2 heterocycles. The van der Waals surface area contributed by atoms with Crippen LogP contribution in [-0.2, 0) is 13.1 Å². The van der Waals surface area contributed by atoms with Gasteiger partial charge in [0.05, 0.1) is 31.3 Å². The molecule has 0 saturated heterocycles. The molecule has 0 unspecified atom stereocenters. The molecule has 4 rings (SSSR count). The van der Waals surface area contributed by atoms with Crippen LogP contribution in [0.1, 0.15) is 30.9 Å². The van der Waals surface area contributed by atoms with E-state index in [9.17, 15) is 0 Å². The zero-order valence-corrected chi connectivity index (χ0v) is 18.0. The molecule has 0 spiro atoms. The minimum atomic E-state index is 0.466. The van der Waals surface area contributed by atoms with Crippen molar-refractivity contribution in [1.29, 1.82) is 5.26 Å². The number of hydrogen-bond donors (Lipinski definition) is 0. The van der Waals surface area contributed by atoms with E-state index in [1.54, 1.807) is 0 Å². The summed E-state index contributed by atoms with van der Waals surface area (Å²) in [5.74, 6) is 0.922. The van der Waals surface area contributed by atoms with Crippen LogP contribution in [0.3, 0.4) is 0 Å². The third-order valence-corrected chi connectivity index (χ3v) is 5.56. The molecule has 0 atom stereocenters. The van der Waals surface area contributed by atoms with Gasteiger partial charge in [-0.25, -0.2) is 0 Å². The van der Waals surface area contributed by atoms with Gasteiger partial charge < -0.3 is 4.74 Å². The average molecular weight is 413 g/mol. The first-order valence-electron chi connectivity index (χ1n) is 10.9. The van der Waals surface area contributed by atoms with E-state index in [-0.39, 0.29) is 0 Å². The Kier molecular flexibility index (Phi) is 6.81. The predicted octanol–water partition coefficient (Wildman–Crippen LogP) is 5.15. The molecule has 31 heavy (non-hydrogen) atoms. The van der Waals surface area contributed by atoms with Gasteiger partial charge in [-0.05, 0) is 36.6 Å². The van der Waals surface area contributed by atoms with Crippen molar-refractivity contribution in [3.8, 4) is 23.1 Å². The predicted molar refractivity (Wildman–Crippen MR) is 123 cm³/mol. The number of nitriles is 1. The van der Waals surface area contributed by atoms with Crippen molar-refractivity contribution in [3.63, 3.8) is 0 Å². The second-order valence-electron chi connectivity index (χ2n) is 7.71. The van der Waals surface area contributed by atoms with E-state index in [0.717, 1.165) is 43.1 Å². The van der Waals surface area contributed by atoms with E-state index in [0.29, 0.717) is 19.6 Å². The number of nitrogens with zero attached hydrogens (tertiary/aromatic N) is 4. The molecular formula is C26H28N4O. The molecule has 0 aliphatic carbocycles. The molecule has 0 radical (unpaired) electrons. The summed E-state index contributed by atoms with van der Waals surface area (Å²) < 4.78 is 7.46. The maximum atomic E-state index is 8.93. The van der Waals surface area contributed by atoms with E-state index in [4.69, 9.17) is 15.1 Å². The SMILES string of the molecule is CCOc1ccc(C2=CCN(Cc3cn(CCC#N)nc3-c3ccccc3)CC2)cc1. The summed E-state index contributed by atoms with van der Waals surface area (Å²) in [5.41, 5.74) is 6.02. The van der Waals surface area contributed by atoms with Gasteiger partial charge in [0.25, 0.3) is 0 Å². The number of rotatable bonds is 8. The third kappa shape index (κ3) is 5.22. The highest BCUT2D eigenvalue weighted by Gasteiger charge is 2.18. The Morgan fingerprint density at radius 3 is 2.55 bits per heavy atom. The van der Waals surface area contributed by atoms with Gasteiger partial charge in [0, 0.05) is 37.0 Å². The molecule has 0 fully saturated rings. The van der Waals surface area contributed by atoms with Crippen LogP contribution in [0.4, 0.5) is 0 Å². The second kappa shape index (κ2) is 10.1. The summed E-state index contributed by atoms with van der Waals surface area (Å²) in [6.07, 6.45) is 5.93. The molecule has 1 aromatic heterocycles. The van der Waals surface area contributed by atoms with Gasteiger partial charge in [0.1, 0.15) is 5.75 Å². The number of aryl methyl sites for hydroxylation is 1. The number of hydrogen-bond acceptors (Lipinski definition) is 4. The summed E-state index contributed by atoms with van der Waals surface area (Å²) in [6.45, 7) is 6.09. The van der Waals surface area contributed by atoms with Crippen molar-refractivity contribution in [2.24, 2.45) is 0 Å². The fraction of sp³-hybridized carbons (Fsp3) is 0.308. The first-order valence-corrected chi connectivity index (χ1v) is 10.9. The van der Waals surface area contributed by atoms with Crippen molar-refractivity contribution in [2.75, 3.05) is 19.7 Å². The number of ether oxygens (including phenoxy) is 1. The quantitative estimate of drug-likeness (QED) is 0.513. The Hall–Kier alpha value is -3.36. The van der Waals surface area contributed by atoms with Gasteiger partial charge in [0.2, 0.25) is 0 Å². The van der Waals surface area contributed by atoms with Crippen LogP contribution in [0.15, 0.2) is 66.9 Å². The monoisotopic (exact) mass is 412 g/mol. The highest BCUT2D eigenvalue weighted by molar-refractivity contribution is 5.67.